The molecule has 2 fully saturated rings. The first kappa shape index (κ1) is 41.0. The van der Waals surface area contributed by atoms with Gasteiger partial charge in [0.1, 0.15) is 23.8 Å². The number of amides is 1. The third-order valence-electron chi connectivity index (χ3n) is 10.9. The van der Waals surface area contributed by atoms with E-state index in [1.165, 1.54) is 16.2 Å². The van der Waals surface area contributed by atoms with Gasteiger partial charge >= 0.3 is 12.1 Å². The van der Waals surface area contributed by atoms with E-state index >= 15 is 8.78 Å². The lowest BCUT2D eigenvalue weighted by Crippen LogP contribution is -2.56. The van der Waals surface area contributed by atoms with Gasteiger partial charge in [-0.2, -0.15) is 0 Å². The van der Waals surface area contributed by atoms with Crippen molar-refractivity contribution in [2.75, 3.05) is 32.8 Å². The zero-order valence-electron chi connectivity index (χ0n) is 33.5. The van der Waals surface area contributed by atoms with Crippen molar-refractivity contribution in [1.29, 1.82) is 0 Å². The standard InChI is InChI=1S/C42H50ClF2N5O6S/c1-24(2)55-38(52)32-19-57-36-30(16-25(3)46-35(32)36)29-17-27(43)8-11-34(29)54-15-14-50-26(4)47-33-10-9-28(18-31(33)37(50)51)48-13-12-41(21-48)20-42(44,45)23-49(22-41)39(53)56-40(5,6)7/h8,11,16-17,19,24,28H,9-10,12-15,18,20-23H2,1-7H3. The Bertz CT molecular complexity index is 2270. The first-order valence-corrected chi connectivity index (χ1v) is 20.8. The fourth-order valence-corrected chi connectivity index (χ4v) is 9.82. The third kappa shape index (κ3) is 8.83. The van der Waals surface area contributed by atoms with Crippen LogP contribution in [-0.2, 0) is 28.9 Å². The Kier molecular flexibility index (Phi) is 11.2. The highest BCUT2D eigenvalue weighted by atomic mass is 35.5. The molecule has 7 rings (SSSR count). The molecule has 3 aliphatic rings. The predicted octanol–water partition coefficient (Wildman–Crippen LogP) is 8.26. The number of halogens is 3. The molecule has 57 heavy (non-hydrogen) atoms. The second-order valence-corrected chi connectivity index (χ2v) is 18.4. The van der Waals surface area contributed by atoms with Crippen LogP contribution < -0.4 is 10.3 Å². The van der Waals surface area contributed by atoms with E-state index < -0.39 is 35.5 Å². The fourth-order valence-electron chi connectivity index (χ4n) is 8.64. The molecule has 3 aromatic heterocycles. The number of hydrogen-bond acceptors (Lipinski definition) is 10. The largest absolute Gasteiger partial charge is 0.491 e. The van der Waals surface area contributed by atoms with E-state index in [1.54, 1.807) is 56.7 Å². The number of rotatable bonds is 8. The molecule has 1 aliphatic carbocycles. The van der Waals surface area contributed by atoms with Gasteiger partial charge in [0.2, 0.25) is 0 Å². The van der Waals surface area contributed by atoms with Crippen LogP contribution in [0.25, 0.3) is 21.3 Å². The van der Waals surface area contributed by atoms with Crippen molar-refractivity contribution in [2.24, 2.45) is 5.41 Å². The minimum atomic E-state index is -3.02. The van der Waals surface area contributed by atoms with Crippen LogP contribution >= 0.6 is 22.9 Å². The Morgan fingerprint density at radius 1 is 1.09 bits per heavy atom. The number of ether oxygens (including phenoxy) is 3. The van der Waals surface area contributed by atoms with E-state index in [1.807, 2.05) is 26.0 Å². The van der Waals surface area contributed by atoms with Crippen molar-refractivity contribution in [3.63, 3.8) is 0 Å². The van der Waals surface area contributed by atoms with E-state index in [0.717, 1.165) is 27.9 Å². The van der Waals surface area contributed by atoms with Gasteiger partial charge in [-0.3, -0.25) is 19.2 Å². The molecule has 11 nitrogen and oxygen atoms in total. The molecule has 2 atom stereocenters. The lowest BCUT2D eigenvalue weighted by Gasteiger charge is -2.44. The van der Waals surface area contributed by atoms with Crippen molar-refractivity contribution in [2.45, 2.75) is 111 Å². The van der Waals surface area contributed by atoms with E-state index in [9.17, 15) is 14.4 Å². The summed E-state index contributed by atoms with van der Waals surface area (Å²) in [7, 11) is 0. The van der Waals surface area contributed by atoms with Crippen LogP contribution in [0.2, 0.25) is 5.02 Å². The molecule has 0 saturated carbocycles. The first-order valence-electron chi connectivity index (χ1n) is 19.5. The average molecular weight is 826 g/mol. The summed E-state index contributed by atoms with van der Waals surface area (Å²) in [6.07, 6.45) is 1.12. The van der Waals surface area contributed by atoms with Gasteiger partial charge in [0.05, 0.1) is 40.7 Å². The summed E-state index contributed by atoms with van der Waals surface area (Å²) in [4.78, 5) is 52.8. The number of esters is 1. The van der Waals surface area contributed by atoms with Gasteiger partial charge in [-0.25, -0.2) is 23.4 Å². The molecule has 0 bridgehead atoms. The van der Waals surface area contributed by atoms with Crippen LogP contribution in [0.4, 0.5) is 13.6 Å². The number of likely N-dealkylation sites (tertiary alicyclic amines) is 2. The van der Waals surface area contributed by atoms with Crippen LogP contribution in [0.5, 0.6) is 5.75 Å². The van der Waals surface area contributed by atoms with E-state index in [0.29, 0.717) is 71.3 Å². The Morgan fingerprint density at radius 2 is 1.86 bits per heavy atom. The van der Waals surface area contributed by atoms with Crippen LogP contribution in [0, 0.1) is 19.3 Å². The van der Waals surface area contributed by atoms with Gasteiger partial charge in [-0.05, 0) is 105 Å². The monoisotopic (exact) mass is 825 g/mol. The minimum absolute atomic E-state index is 0.00779. The van der Waals surface area contributed by atoms with Crippen LogP contribution in [-0.4, -0.2) is 92.9 Å². The number of hydrogen-bond donors (Lipinski definition) is 0. The summed E-state index contributed by atoms with van der Waals surface area (Å²) in [5.74, 6) is -2.30. The SMILES string of the molecule is Cc1cc(-c2cc(Cl)ccc2OCCn2c(C)nc3c(c2=O)CC(N2CCC4(CN(C(=O)OC(C)(C)C)CC(F)(F)C4)C2)CC3)c2scc(C(=O)OC(C)C)c2n1. The second kappa shape index (κ2) is 15.6. The molecular formula is C42H50ClF2N5O6S. The lowest BCUT2D eigenvalue weighted by molar-refractivity contribution is -0.112. The van der Waals surface area contributed by atoms with Gasteiger partial charge < -0.3 is 19.1 Å². The topological polar surface area (TPSA) is 116 Å². The number of aryl methyl sites for hydroxylation is 3. The zero-order valence-corrected chi connectivity index (χ0v) is 35.1. The average Bonchev–Trinajstić information content (AvgIpc) is 3.72. The predicted molar refractivity (Wildman–Crippen MR) is 216 cm³/mol. The van der Waals surface area contributed by atoms with E-state index in [-0.39, 0.29) is 43.8 Å². The number of alkyl halides is 2. The Morgan fingerprint density at radius 3 is 2.60 bits per heavy atom. The number of pyridine rings is 1. The molecule has 4 aromatic rings. The number of carbonyl (C=O) groups is 2. The van der Waals surface area contributed by atoms with Crippen molar-refractivity contribution in [1.82, 2.24) is 24.3 Å². The van der Waals surface area contributed by atoms with Crippen LogP contribution in [0.3, 0.4) is 0 Å². The molecule has 1 amide bonds. The van der Waals surface area contributed by atoms with E-state index in [2.05, 4.69) is 9.88 Å². The Balaban J connectivity index is 1.07. The quantitative estimate of drug-likeness (QED) is 0.162. The number of nitrogens with zero attached hydrogens (tertiary/aromatic N) is 5. The fraction of sp³-hybridized carbons (Fsp3) is 0.548. The van der Waals surface area contributed by atoms with Crippen molar-refractivity contribution in [3.05, 3.63) is 73.4 Å². The van der Waals surface area contributed by atoms with Gasteiger partial charge in [0, 0.05) is 63.8 Å². The van der Waals surface area contributed by atoms with Crippen molar-refractivity contribution in [3.8, 4) is 16.9 Å². The molecule has 0 radical (unpaired) electrons. The number of carbonyl (C=O) groups excluding carboxylic acids is 2. The maximum absolute atomic E-state index is 15.2. The molecule has 0 N–H and O–H groups in total. The highest BCUT2D eigenvalue weighted by molar-refractivity contribution is 7.18. The summed E-state index contributed by atoms with van der Waals surface area (Å²) >= 11 is 7.91. The normalized spacial score (nSPS) is 21.0. The van der Waals surface area contributed by atoms with Gasteiger partial charge in [-0.15, -0.1) is 11.3 Å². The van der Waals surface area contributed by atoms with Crippen molar-refractivity contribution >= 4 is 45.2 Å². The molecule has 2 unspecified atom stereocenters. The van der Waals surface area contributed by atoms with Gasteiger partial charge in [-0.1, -0.05) is 11.6 Å². The van der Waals surface area contributed by atoms with Crippen LogP contribution in [0.15, 0.2) is 34.4 Å². The second-order valence-electron chi connectivity index (χ2n) is 17.1. The van der Waals surface area contributed by atoms with Crippen molar-refractivity contribution < 1.29 is 32.6 Å². The first-order chi connectivity index (χ1) is 26.8. The molecule has 15 heteroatoms. The molecule has 306 valence electrons. The molecule has 5 heterocycles. The maximum Gasteiger partial charge on any atom is 0.410 e. The summed E-state index contributed by atoms with van der Waals surface area (Å²) in [5, 5.41) is 2.27. The summed E-state index contributed by atoms with van der Waals surface area (Å²) in [6.45, 7) is 13.5. The highest BCUT2D eigenvalue weighted by Crippen LogP contribution is 2.46. The summed E-state index contributed by atoms with van der Waals surface area (Å²) in [5.41, 5.74) is 2.98. The van der Waals surface area contributed by atoms with Crippen LogP contribution in [0.1, 0.15) is 87.0 Å². The highest BCUT2D eigenvalue weighted by Gasteiger charge is 2.54. The number of fused-ring (bicyclic) bond motifs is 2. The lowest BCUT2D eigenvalue weighted by atomic mass is 9.77. The molecule has 2 saturated heterocycles. The Hall–Kier alpha value is -4.14. The molecular weight excluding hydrogens is 776 g/mol. The molecule has 1 aromatic carbocycles. The number of benzene rings is 1. The van der Waals surface area contributed by atoms with Gasteiger partial charge in [0.15, 0.2) is 0 Å². The molecule has 1 spiro atoms. The van der Waals surface area contributed by atoms with E-state index in [4.69, 9.17) is 30.8 Å². The van der Waals surface area contributed by atoms with Gasteiger partial charge in [0.25, 0.3) is 11.5 Å². The number of thiophene rings is 1. The zero-order chi connectivity index (χ0) is 41.0. The summed E-state index contributed by atoms with van der Waals surface area (Å²) < 4.78 is 50.1. The number of aromatic nitrogens is 3. The smallest absolute Gasteiger partial charge is 0.410 e. The summed E-state index contributed by atoms with van der Waals surface area (Å²) in [6, 6.07) is 7.29. The maximum atomic E-state index is 15.2. The number of piperidine rings is 1. The molecule has 2 aliphatic heterocycles. The third-order valence-corrected chi connectivity index (χ3v) is 12.2. The minimum Gasteiger partial charge on any atom is -0.491 e. The Labute approximate surface area is 340 Å².